The second-order valence-electron chi connectivity index (χ2n) is 5.84. The van der Waals surface area contributed by atoms with Crippen LogP contribution in [0.1, 0.15) is 26.5 Å². The van der Waals surface area contributed by atoms with Crippen LogP contribution in [0.25, 0.3) is 0 Å². The van der Waals surface area contributed by atoms with Crippen molar-refractivity contribution in [2.45, 2.75) is 32.2 Å². The minimum absolute atomic E-state index is 0.00780. The van der Waals surface area contributed by atoms with Gasteiger partial charge in [0.1, 0.15) is 0 Å². The van der Waals surface area contributed by atoms with Gasteiger partial charge in [-0.2, -0.15) is 0 Å². The smallest absolute Gasteiger partial charge is 0.328 e. The van der Waals surface area contributed by atoms with Gasteiger partial charge in [-0.25, -0.2) is 14.6 Å². The van der Waals surface area contributed by atoms with Gasteiger partial charge in [0.15, 0.2) is 11.2 Å². The summed E-state index contributed by atoms with van der Waals surface area (Å²) in [6.45, 7) is 6.71. The van der Waals surface area contributed by atoms with Gasteiger partial charge in [0.05, 0.1) is 18.9 Å². The summed E-state index contributed by atoms with van der Waals surface area (Å²) in [6.07, 6.45) is 0. The summed E-state index contributed by atoms with van der Waals surface area (Å²) in [6, 6.07) is -1.42. The lowest BCUT2D eigenvalue weighted by molar-refractivity contribution is -0.147. The molecule has 0 saturated carbocycles. The summed E-state index contributed by atoms with van der Waals surface area (Å²) in [5, 5.41) is 14.1. The van der Waals surface area contributed by atoms with Crippen LogP contribution in [0.2, 0.25) is 0 Å². The number of aromatic nitrogens is 1. The van der Waals surface area contributed by atoms with Crippen molar-refractivity contribution >= 4 is 28.5 Å². The molecular formula is C13H19N3O4S. The van der Waals surface area contributed by atoms with Crippen molar-refractivity contribution in [3.8, 4) is 0 Å². The summed E-state index contributed by atoms with van der Waals surface area (Å²) in [5.41, 5.74) is 0.793. The van der Waals surface area contributed by atoms with E-state index in [9.17, 15) is 9.59 Å². The quantitative estimate of drug-likeness (QED) is 0.868. The summed E-state index contributed by atoms with van der Waals surface area (Å²) >= 11 is 1.33. The van der Waals surface area contributed by atoms with Crippen LogP contribution in [0.3, 0.4) is 0 Å². The SMILES string of the molecule is CC(C)(C)c1csc(NC(=O)N2CCOCC2C(=O)O)n1. The molecular weight excluding hydrogens is 294 g/mol. The Kier molecular flexibility index (Phi) is 4.48. The first-order chi connectivity index (χ1) is 9.79. The van der Waals surface area contributed by atoms with Crippen molar-refractivity contribution in [2.75, 3.05) is 25.1 Å². The second kappa shape index (κ2) is 5.98. The van der Waals surface area contributed by atoms with E-state index in [1.54, 1.807) is 0 Å². The molecule has 0 spiro atoms. The first-order valence-corrected chi connectivity index (χ1v) is 7.51. The van der Waals surface area contributed by atoms with Gasteiger partial charge in [-0.15, -0.1) is 11.3 Å². The molecule has 0 aromatic carbocycles. The normalized spacial score (nSPS) is 19.4. The number of urea groups is 1. The summed E-state index contributed by atoms with van der Waals surface area (Å²) in [4.78, 5) is 29.0. The van der Waals surface area contributed by atoms with E-state index in [1.165, 1.54) is 16.2 Å². The number of thiazole rings is 1. The fourth-order valence-corrected chi connectivity index (χ4v) is 2.82. The van der Waals surface area contributed by atoms with E-state index >= 15 is 0 Å². The molecule has 116 valence electrons. The van der Waals surface area contributed by atoms with Crippen LogP contribution >= 0.6 is 11.3 Å². The number of nitrogens with zero attached hydrogens (tertiary/aromatic N) is 2. The molecule has 0 aliphatic carbocycles. The molecule has 1 saturated heterocycles. The summed E-state index contributed by atoms with van der Waals surface area (Å²) in [5.74, 6) is -1.07. The molecule has 1 atom stereocenters. The number of ether oxygens (including phenoxy) is 1. The van der Waals surface area contributed by atoms with E-state index in [2.05, 4.69) is 10.3 Å². The lowest BCUT2D eigenvalue weighted by atomic mass is 9.93. The maximum Gasteiger partial charge on any atom is 0.328 e. The lowest BCUT2D eigenvalue weighted by Gasteiger charge is -2.32. The number of hydrogen-bond donors (Lipinski definition) is 2. The molecule has 7 nitrogen and oxygen atoms in total. The van der Waals surface area contributed by atoms with Crippen LogP contribution in [-0.4, -0.2) is 52.8 Å². The highest BCUT2D eigenvalue weighted by atomic mass is 32.1. The number of rotatable bonds is 2. The van der Waals surface area contributed by atoms with E-state index < -0.39 is 18.0 Å². The number of aliphatic carboxylic acids is 1. The van der Waals surface area contributed by atoms with E-state index in [1.807, 2.05) is 26.2 Å². The van der Waals surface area contributed by atoms with Crippen molar-refractivity contribution < 1.29 is 19.4 Å². The molecule has 2 heterocycles. The molecule has 1 fully saturated rings. The van der Waals surface area contributed by atoms with Gasteiger partial charge in [0, 0.05) is 17.3 Å². The summed E-state index contributed by atoms with van der Waals surface area (Å²) < 4.78 is 5.11. The molecule has 1 aliphatic heterocycles. The van der Waals surface area contributed by atoms with Crippen molar-refractivity contribution in [2.24, 2.45) is 0 Å². The minimum Gasteiger partial charge on any atom is -0.480 e. The maximum absolute atomic E-state index is 12.2. The van der Waals surface area contributed by atoms with Gasteiger partial charge in [-0.1, -0.05) is 20.8 Å². The van der Waals surface area contributed by atoms with Crippen LogP contribution in [0.15, 0.2) is 5.38 Å². The molecule has 1 aliphatic rings. The highest BCUT2D eigenvalue weighted by molar-refractivity contribution is 7.13. The second-order valence-corrected chi connectivity index (χ2v) is 6.70. The van der Waals surface area contributed by atoms with Crippen molar-refractivity contribution in [3.63, 3.8) is 0 Å². The standard InChI is InChI=1S/C13H19N3O4S/c1-13(2,3)9-7-21-11(14-9)15-12(19)16-4-5-20-6-8(16)10(17)18/h7-8H,4-6H2,1-3H3,(H,17,18)(H,14,15,19). The molecule has 1 unspecified atom stereocenters. The number of carboxylic acid groups (broad SMARTS) is 1. The summed E-state index contributed by atoms with van der Waals surface area (Å²) in [7, 11) is 0. The highest BCUT2D eigenvalue weighted by Gasteiger charge is 2.33. The van der Waals surface area contributed by atoms with Gasteiger partial charge in [-0.3, -0.25) is 5.32 Å². The first kappa shape index (κ1) is 15.7. The molecule has 0 radical (unpaired) electrons. The Bertz CT molecular complexity index is 538. The predicted octanol–water partition coefficient (Wildman–Crippen LogP) is 1.76. The third-order valence-corrected chi connectivity index (χ3v) is 3.92. The van der Waals surface area contributed by atoms with Crippen molar-refractivity contribution in [1.82, 2.24) is 9.88 Å². The van der Waals surface area contributed by atoms with Gasteiger partial charge in [-0.05, 0) is 0 Å². The molecule has 2 amide bonds. The van der Waals surface area contributed by atoms with Gasteiger partial charge < -0.3 is 14.7 Å². The predicted molar refractivity (Wildman–Crippen MR) is 78.8 cm³/mol. The van der Waals surface area contributed by atoms with Crippen molar-refractivity contribution in [1.29, 1.82) is 0 Å². The van der Waals surface area contributed by atoms with Crippen LogP contribution in [-0.2, 0) is 14.9 Å². The van der Waals surface area contributed by atoms with Crippen LogP contribution in [0, 0.1) is 0 Å². The molecule has 1 aromatic heterocycles. The first-order valence-electron chi connectivity index (χ1n) is 6.63. The zero-order valence-corrected chi connectivity index (χ0v) is 13.1. The van der Waals surface area contributed by atoms with E-state index in [-0.39, 0.29) is 18.6 Å². The Morgan fingerprint density at radius 2 is 2.24 bits per heavy atom. The number of carbonyl (C=O) groups is 2. The third-order valence-electron chi connectivity index (χ3n) is 3.16. The topological polar surface area (TPSA) is 91.8 Å². The number of carboxylic acids is 1. The maximum atomic E-state index is 12.2. The fourth-order valence-electron chi connectivity index (χ4n) is 1.89. The van der Waals surface area contributed by atoms with Gasteiger partial charge in [0.2, 0.25) is 0 Å². The number of morpholine rings is 1. The molecule has 2 N–H and O–H groups in total. The Morgan fingerprint density at radius 1 is 1.52 bits per heavy atom. The van der Waals surface area contributed by atoms with E-state index in [0.29, 0.717) is 11.7 Å². The zero-order valence-electron chi connectivity index (χ0n) is 12.3. The number of hydrogen-bond acceptors (Lipinski definition) is 5. The Balaban J connectivity index is 2.06. The fraction of sp³-hybridized carbons (Fsp3) is 0.615. The zero-order chi connectivity index (χ0) is 15.6. The number of anilines is 1. The third kappa shape index (κ3) is 3.70. The molecule has 21 heavy (non-hydrogen) atoms. The molecule has 1 aromatic rings. The highest BCUT2D eigenvalue weighted by Crippen LogP contribution is 2.26. The molecule has 2 rings (SSSR count). The molecule has 0 bridgehead atoms. The Hall–Kier alpha value is -1.67. The molecule has 8 heteroatoms. The van der Waals surface area contributed by atoms with Crippen LogP contribution < -0.4 is 5.32 Å². The average molecular weight is 313 g/mol. The van der Waals surface area contributed by atoms with Crippen molar-refractivity contribution in [3.05, 3.63) is 11.1 Å². The van der Waals surface area contributed by atoms with E-state index in [0.717, 1.165) is 5.69 Å². The minimum atomic E-state index is -1.07. The van der Waals surface area contributed by atoms with E-state index in [4.69, 9.17) is 9.84 Å². The van der Waals surface area contributed by atoms with Gasteiger partial charge >= 0.3 is 12.0 Å². The Labute approximate surface area is 126 Å². The monoisotopic (exact) mass is 313 g/mol. The number of amides is 2. The van der Waals surface area contributed by atoms with Crippen LogP contribution in [0.4, 0.5) is 9.93 Å². The average Bonchev–Trinajstić information content (AvgIpc) is 2.87. The van der Waals surface area contributed by atoms with Crippen LogP contribution in [0.5, 0.6) is 0 Å². The lowest BCUT2D eigenvalue weighted by Crippen LogP contribution is -2.53. The largest absolute Gasteiger partial charge is 0.480 e. The Morgan fingerprint density at radius 3 is 2.81 bits per heavy atom. The number of nitrogens with one attached hydrogen (secondary N) is 1. The van der Waals surface area contributed by atoms with Gasteiger partial charge in [0.25, 0.3) is 0 Å². The number of carbonyl (C=O) groups excluding carboxylic acids is 1.